The molecule has 1 aromatic carbocycles. The number of nitrogens with one attached hydrogen (secondary N) is 1. The average molecular weight is 403 g/mol. The molecular weight excluding hydrogens is 373 g/mol. The standard InChI is InChI=1S/C20H30BN3O5/c1-6-24(20(27)10-9-19(26)23(4)5)13-18(25)22-17(21(28)29)12-16-8-7-14(2)11-15(16)3/h7-11,17,28-29H,6,12-13H2,1-5H3,(H,22,25)/b10-9+/t17-/m0/s1. The van der Waals surface area contributed by atoms with E-state index in [1.54, 1.807) is 21.0 Å². The second-order valence-corrected chi connectivity index (χ2v) is 7.14. The van der Waals surface area contributed by atoms with Gasteiger partial charge in [0.05, 0.1) is 12.5 Å². The molecule has 9 heteroatoms. The van der Waals surface area contributed by atoms with Crippen LogP contribution in [0.4, 0.5) is 0 Å². The minimum absolute atomic E-state index is 0.243. The van der Waals surface area contributed by atoms with Gasteiger partial charge < -0.3 is 25.2 Å². The highest BCUT2D eigenvalue weighted by Gasteiger charge is 2.27. The van der Waals surface area contributed by atoms with Crippen molar-refractivity contribution in [1.29, 1.82) is 0 Å². The summed E-state index contributed by atoms with van der Waals surface area (Å²) in [5, 5.41) is 21.9. The van der Waals surface area contributed by atoms with Crippen LogP contribution in [0.5, 0.6) is 0 Å². The summed E-state index contributed by atoms with van der Waals surface area (Å²) in [4.78, 5) is 38.7. The number of rotatable bonds is 9. The van der Waals surface area contributed by atoms with E-state index in [1.807, 2.05) is 32.0 Å². The quantitative estimate of drug-likeness (QED) is 0.392. The Hall–Kier alpha value is -2.65. The molecule has 3 amide bonds. The fourth-order valence-corrected chi connectivity index (χ4v) is 2.71. The molecule has 1 atom stereocenters. The van der Waals surface area contributed by atoms with Crippen molar-refractivity contribution in [2.45, 2.75) is 33.1 Å². The number of benzene rings is 1. The lowest BCUT2D eigenvalue weighted by Crippen LogP contribution is -2.51. The van der Waals surface area contributed by atoms with E-state index in [4.69, 9.17) is 0 Å². The molecule has 0 aliphatic rings. The van der Waals surface area contributed by atoms with Crippen LogP contribution >= 0.6 is 0 Å². The summed E-state index contributed by atoms with van der Waals surface area (Å²) in [7, 11) is 1.39. The number of amides is 3. The molecule has 1 rings (SSSR count). The van der Waals surface area contributed by atoms with Gasteiger partial charge in [0.25, 0.3) is 0 Å². The molecule has 0 bridgehead atoms. The molecule has 0 unspecified atom stereocenters. The first-order chi connectivity index (χ1) is 13.5. The molecular formula is C20H30BN3O5. The first-order valence-corrected chi connectivity index (χ1v) is 9.45. The van der Waals surface area contributed by atoms with E-state index >= 15 is 0 Å². The Labute approximate surface area is 172 Å². The van der Waals surface area contributed by atoms with Crippen molar-refractivity contribution in [3.05, 3.63) is 47.0 Å². The Kier molecular flexibility index (Phi) is 9.57. The first-order valence-electron chi connectivity index (χ1n) is 9.45. The van der Waals surface area contributed by atoms with E-state index in [2.05, 4.69) is 5.32 Å². The number of likely N-dealkylation sites (N-methyl/N-ethyl adjacent to an activating group) is 2. The topological polar surface area (TPSA) is 110 Å². The number of nitrogens with zero attached hydrogens (tertiary/aromatic N) is 2. The van der Waals surface area contributed by atoms with Gasteiger partial charge in [-0.15, -0.1) is 0 Å². The van der Waals surface area contributed by atoms with Crippen LogP contribution in [0.15, 0.2) is 30.4 Å². The fourth-order valence-electron chi connectivity index (χ4n) is 2.71. The molecule has 0 saturated heterocycles. The lowest BCUT2D eigenvalue weighted by molar-refractivity contribution is -0.132. The highest BCUT2D eigenvalue weighted by atomic mass is 16.4. The van der Waals surface area contributed by atoms with Crippen LogP contribution in [0.25, 0.3) is 0 Å². The van der Waals surface area contributed by atoms with Crippen molar-refractivity contribution in [2.75, 3.05) is 27.2 Å². The summed E-state index contributed by atoms with van der Waals surface area (Å²) in [6.07, 6.45) is 2.50. The predicted molar refractivity (Wildman–Crippen MR) is 112 cm³/mol. The maximum absolute atomic E-state index is 12.4. The van der Waals surface area contributed by atoms with Gasteiger partial charge in [-0.05, 0) is 38.3 Å². The Balaban J connectivity index is 2.76. The lowest BCUT2D eigenvalue weighted by Gasteiger charge is -2.23. The first kappa shape index (κ1) is 24.4. The third kappa shape index (κ3) is 8.09. The molecule has 0 radical (unpaired) electrons. The molecule has 3 N–H and O–H groups in total. The zero-order chi connectivity index (χ0) is 22.1. The van der Waals surface area contributed by atoms with Gasteiger partial charge in [0.15, 0.2) is 0 Å². The van der Waals surface area contributed by atoms with Crippen LogP contribution in [0, 0.1) is 13.8 Å². The maximum atomic E-state index is 12.4. The van der Waals surface area contributed by atoms with Crippen LogP contribution in [0.1, 0.15) is 23.6 Å². The summed E-state index contributed by atoms with van der Waals surface area (Å²) >= 11 is 0. The van der Waals surface area contributed by atoms with Crippen molar-refractivity contribution in [2.24, 2.45) is 0 Å². The van der Waals surface area contributed by atoms with E-state index in [0.717, 1.165) is 28.8 Å². The minimum Gasteiger partial charge on any atom is -0.426 e. The molecule has 0 spiro atoms. The van der Waals surface area contributed by atoms with Crippen molar-refractivity contribution >= 4 is 24.8 Å². The Morgan fingerprint density at radius 3 is 2.28 bits per heavy atom. The number of carbonyl (C=O) groups is 3. The largest absolute Gasteiger partial charge is 0.475 e. The fraction of sp³-hybridized carbons (Fsp3) is 0.450. The van der Waals surface area contributed by atoms with Crippen LogP contribution in [0.2, 0.25) is 0 Å². The number of carbonyl (C=O) groups excluding carboxylic acids is 3. The van der Waals surface area contributed by atoms with Gasteiger partial charge in [-0.2, -0.15) is 0 Å². The van der Waals surface area contributed by atoms with Crippen molar-refractivity contribution < 1.29 is 24.4 Å². The van der Waals surface area contributed by atoms with E-state index in [9.17, 15) is 24.4 Å². The lowest BCUT2D eigenvalue weighted by atomic mass is 9.75. The van der Waals surface area contributed by atoms with E-state index < -0.39 is 24.9 Å². The highest BCUT2D eigenvalue weighted by Crippen LogP contribution is 2.13. The van der Waals surface area contributed by atoms with Crippen LogP contribution in [-0.4, -0.2) is 77.8 Å². The summed E-state index contributed by atoms with van der Waals surface area (Å²) < 4.78 is 0. The molecule has 0 aliphatic heterocycles. The smallest absolute Gasteiger partial charge is 0.426 e. The van der Waals surface area contributed by atoms with Gasteiger partial charge in [0.1, 0.15) is 0 Å². The molecule has 1 aromatic rings. The monoisotopic (exact) mass is 403 g/mol. The zero-order valence-corrected chi connectivity index (χ0v) is 17.7. The van der Waals surface area contributed by atoms with Crippen molar-refractivity contribution in [3.8, 4) is 0 Å². The molecule has 0 heterocycles. The van der Waals surface area contributed by atoms with Crippen LogP contribution in [-0.2, 0) is 20.8 Å². The van der Waals surface area contributed by atoms with Gasteiger partial charge in [-0.1, -0.05) is 23.8 Å². The molecule has 0 aliphatic carbocycles. The molecule has 8 nitrogen and oxygen atoms in total. The molecule has 0 aromatic heterocycles. The van der Waals surface area contributed by atoms with Gasteiger partial charge >= 0.3 is 7.12 Å². The van der Waals surface area contributed by atoms with Gasteiger partial charge in [0.2, 0.25) is 17.7 Å². The Morgan fingerprint density at radius 2 is 1.76 bits per heavy atom. The maximum Gasteiger partial charge on any atom is 0.475 e. The second kappa shape index (κ2) is 11.4. The SMILES string of the molecule is CCN(CC(=O)N[C@@H](Cc1ccc(C)cc1C)B(O)O)C(=O)/C=C/C(=O)N(C)C. The summed E-state index contributed by atoms with van der Waals surface area (Å²) in [5.74, 6) is -2.25. The van der Waals surface area contributed by atoms with E-state index in [1.165, 1.54) is 9.80 Å². The molecule has 0 fully saturated rings. The third-order valence-corrected chi connectivity index (χ3v) is 4.48. The normalized spacial score (nSPS) is 11.8. The van der Waals surface area contributed by atoms with Gasteiger partial charge in [0, 0.05) is 32.8 Å². The van der Waals surface area contributed by atoms with Crippen molar-refractivity contribution in [3.63, 3.8) is 0 Å². The minimum atomic E-state index is -1.75. The van der Waals surface area contributed by atoms with Crippen LogP contribution in [0.3, 0.4) is 0 Å². The summed E-state index contributed by atoms with van der Waals surface area (Å²) in [5.41, 5.74) is 2.97. The van der Waals surface area contributed by atoms with Crippen LogP contribution < -0.4 is 5.32 Å². The highest BCUT2D eigenvalue weighted by molar-refractivity contribution is 6.43. The van der Waals surface area contributed by atoms with Crippen molar-refractivity contribution in [1.82, 2.24) is 15.1 Å². The predicted octanol–water partition coefficient (Wildman–Crippen LogP) is -0.164. The average Bonchev–Trinajstić information content (AvgIpc) is 2.64. The van der Waals surface area contributed by atoms with Gasteiger partial charge in [-0.3, -0.25) is 14.4 Å². The van der Waals surface area contributed by atoms with Gasteiger partial charge in [-0.25, -0.2) is 0 Å². The Bertz CT molecular complexity index is 764. The molecule has 29 heavy (non-hydrogen) atoms. The molecule has 0 saturated carbocycles. The molecule has 158 valence electrons. The third-order valence-electron chi connectivity index (χ3n) is 4.48. The summed E-state index contributed by atoms with van der Waals surface area (Å²) in [6, 6.07) is 5.79. The Morgan fingerprint density at radius 1 is 1.14 bits per heavy atom. The van der Waals surface area contributed by atoms with E-state index in [0.29, 0.717) is 0 Å². The number of hydrogen-bond donors (Lipinski definition) is 3. The number of aryl methyl sites for hydroxylation is 2. The zero-order valence-electron chi connectivity index (χ0n) is 17.7. The van der Waals surface area contributed by atoms with E-state index in [-0.39, 0.29) is 25.4 Å². The number of hydrogen-bond acceptors (Lipinski definition) is 5. The second-order valence-electron chi connectivity index (χ2n) is 7.14. The summed E-state index contributed by atoms with van der Waals surface area (Å²) in [6.45, 7) is 5.60.